The summed E-state index contributed by atoms with van der Waals surface area (Å²) in [7, 11) is 0. The zero-order valence-electron chi connectivity index (χ0n) is 14.6. The highest BCUT2D eigenvalue weighted by Gasteiger charge is 2.28. The number of hydrogen-bond acceptors (Lipinski definition) is 3. The van der Waals surface area contributed by atoms with Crippen molar-refractivity contribution in [3.8, 4) is 5.75 Å². The summed E-state index contributed by atoms with van der Waals surface area (Å²) in [5.74, 6) is 0.889. The highest BCUT2D eigenvalue weighted by Crippen LogP contribution is 2.38. The SMILES string of the molecule is CCCc1cc(N)c2c(OC3CCC(C)(C)CC3)cccc2n1. The van der Waals surface area contributed by atoms with Gasteiger partial charge in [-0.3, -0.25) is 4.98 Å². The molecule has 0 bridgehead atoms. The summed E-state index contributed by atoms with van der Waals surface area (Å²) < 4.78 is 6.32. The molecule has 1 saturated carbocycles. The van der Waals surface area contributed by atoms with Crippen molar-refractivity contribution in [2.45, 2.75) is 65.4 Å². The maximum atomic E-state index is 6.32. The lowest BCUT2D eigenvalue weighted by atomic mass is 9.76. The molecule has 3 heteroatoms. The molecular formula is C20H28N2O. The van der Waals surface area contributed by atoms with Crippen LogP contribution in [0.4, 0.5) is 5.69 Å². The molecule has 2 aromatic rings. The largest absolute Gasteiger partial charge is 0.490 e. The summed E-state index contributed by atoms with van der Waals surface area (Å²) in [6.07, 6.45) is 7.00. The van der Waals surface area contributed by atoms with Crippen LogP contribution in [0.2, 0.25) is 0 Å². The Morgan fingerprint density at radius 3 is 2.70 bits per heavy atom. The van der Waals surface area contributed by atoms with Gasteiger partial charge in [0.15, 0.2) is 0 Å². The molecule has 1 heterocycles. The van der Waals surface area contributed by atoms with Crippen molar-refractivity contribution >= 4 is 16.6 Å². The zero-order chi connectivity index (χ0) is 16.4. The number of pyridine rings is 1. The summed E-state index contributed by atoms with van der Waals surface area (Å²) in [6.45, 7) is 6.85. The van der Waals surface area contributed by atoms with Gasteiger partial charge in [0.25, 0.3) is 0 Å². The summed E-state index contributed by atoms with van der Waals surface area (Å²) >= 11 is 0. The van der Waals surface area contributed by atoms with Gasteiger partial charge in [0.05, 0.1) is 17.0 Å². The quantitative estimate of drug-likeness (QED) is 0.852. The highest BCUT2D eigenvalue weighted by atomic mass is 16.5. The number of aryl methyl sites for hydroxylation is 1. The number of benzene rings is 1. The van der Waals surface area contributed by atoms with E-state index in [1.165, 1.54) is 12.8 Å². The van der Waals surface area contributed by atoms with Crippen LogP contribution in [0, 0.1) is 5.41 Å². The molecule has 124 valence electrons. The van der Waals surface area contributed by atoms with Gasteiger partial charge in [-0.15, -0.1) is 0 Å². The van der Waals surface area contributed by atoms with Crippen LogP contribution in [-0.4, -0.2) is 11.1 Å². The van der Waals surface area contributed by atoms with E-state index >= 15 is 0 Å². The molecule has 0 saturated heterocycles. The van der Waals surface area contributed by atoms with E-state index in [1.54, 1.807) is 0 Å². The van der Waals surface area contributed by atoms with E-state index < -0.39 is 0 Å². The predicted octanol–water partition coefficient (Wildman–Crippen LogP) is 5.12. The van der Waals surface area contributed by atoms with Crippen molar-refractivity contribution in [1.82, 2.24) is 4.98 Å². The molecular weight excluding hydrogens is 284 g/mol. The second-order valence-electron chi connectivity index (χ2n) is 7.58. The topological polar surface area (TPSA) is 48.1 Å². The van der Waals surface area contributed by atoms with Crippen LogP contribution in [0.1, 0.15) is 58.6 Å². The molecule has 0 radical (unpaired) electrons. The second kappa shape index (κ2) is 6.38. The Morgan fingerprint density at radius 1 is 1.26 bits per heavy atom. The molecule has 0 aliphatic heterocycles. The highest BCUT2D eigenvalue weighted by molar-refractivity contribution is 5.95. The first kappa shape index (κ1) is 16.1. The van der Waals surface area contributed by atoms with Crippen molar-refractivity contribution in [2.75, 3.05) is 5.73 Å². The molecule has 0 atom stereocenters. The van der Waals surface area contributed by atoms with Crippen LogP contribution in [-0.2, 0) is 6.42 Å². The molecule has 2 N–H and O–H groups in total. The Bertz CT molecular complexity index is 683. The predicted molar refractivity (Wildman–Crippen MR) is 96.8 cm³/mol. The number of hydrogen-bond donors (Lipinski definition) is 1. The fourth-order valence-corrected chi connectivity index (χ4v) is 3.49. The maximum Gasteiger partial charge on any atom is 0.131 e. The summed E-state index contributed by atoms with van der Waals surface area (Å²) in [4.78, 5) is 4.74. The van der Waals surface area contributed by atoms with Gasteiger partial charge in [-0.1, -0.05) is 33.3 Å². The molecule has 1 aromatic carbocycles. The van der Waals surface area contributed by atoms with Gasteiger partial charge >= 0.3 is 0 Å². The fraction of sp³-hybridized carbons (Fsp3) is 0.550. The van der Waals surface area contributed by atoms with Crippen molar-refractivity contribution < 1.29 is 4.74 Å². The van der Waals surface area contributed by atoms with Crippen LogP contribution in [0.25, 0.3) is 10.9 Å². The van der Waals surface area contributed by atoms with Crippen molar-refractivity contribution in [3.05, 3.63) is 30.0 Å². The van der Waals surface area contributed by atoms with Crippen LogP contribution >= 0.6 is 0 Å². The average molecular weight is 312 g/mol. The third-order valence-electron chi connectivity index (χ3n) is 4.97. The second-order valence-corrected chi connectivity index (χ2v) is 7.58. The van der Waals surface area contributed by atoms with E-state index in [9.17, 15) is 0 Å². The first-order chi connectivity index (χ1) is 11.0. The number of fused-ring (bicyclic) bond motifs is 1. The van der Waals surface area contributed by atoms with Gasteiger partial charge in [-0.05, 0) is 55.7 Å². The average Bonchev–Trinajstić information content (AvgIpc) is 2.49. The molecule has 1 aromatic heterocycles. The van der Waals surface area contributed by atoms with E-state index in [1.807, 2.05) is 24.3 Å². The summed E-state index contributed by atoms with van der Waals surface area (Å²) in [5, 5.41) is 0.970. The Kier molecular flexibility index (Phi) is 4.47. The molecule has 0 spiro atoms. The van der Waals surface area contributed by atoms with E-state index in [2.05, 4.69) is 20.8 Å². The van der Waals surface area contributed by atoms with Crippen LogP contribution in [0.3, 0.4) is 0 Å². The lowest BCUT2D eigenvalue weighted by molar-refractivity contribution is 0.100. The minimum Gasteiger partial charge on any atom is -0.490 e. The Morgan fingerprint density at radius 2 is 2.00 bits per heavy atom. The minimum absolute atomic E-state index is 0.295. The summed E-state index contributed by atoms with van der Waals surface area (Å²) in [6, 6.07) is 8.08. The van der Waals surface area contributed by atoms with Gasteiger partial charge in [0, 0.05) is 11.4 Å². The van der Waals surface area contributed by atoms with E-state index in [0.717, 1.165) is 53.7 Å². The number of rotatable bonds is 4. The monoisotopic (exact) mass is 312 g/mol. The molecule has 1 aliphatic rings. The van der Waals surface area contributed by atoms with Gasteiger partial charge < -0.3 is 10.5 Å². The van der Waals surface area contributed by atoms with Crippen molar-refractivity contribution in [1.29, 1.82) is 0 Å². The number of ether oxygens (including phenoxy) is 1. The number of aromatic nitrogens is 1. The number of nitrogen functional groups attached to an aromatic ring is 1. The van der Waals surface area contributed by atoms with Crippen LogP contribution < -0.4 is 10.5 Å². The van der Waals surface area contributed by atoms with Crippen molar-refractivity contribution in [3.63, 3.8) is 0 Å². The first-order valence-corrected chi connectivity index (χ1v) is 8.83. The molecule has 3 rings (SSSR count). The number of anilines is 1. The van der Waals surface area contributed by atoms with E-state index in [4.69, 9.17) is 15.5 Å². The fourth-order valence-electron chi connectivity index (χ4n) is 3.49. The zero-order valence-corrected chi connectivity index (χ0v) is 14.6. The van der Waals surface area contributed by atoms with Gasteiger partial charge in [0.2, 0.25) is 0 Å². The van der Waals surface area contributed by atoms with Gasteiger partial charge in [-0.25, -0.2) is 0 Å². The maximum absolute atomic E-state index is 6.32. The normalized spacial score (nSPS) is 18.2. The third kappa shape index (κ3) is 3.60. The lowest BCUT2D eigenvalue weighted by Gasteiger charge is -2.34. The minimum atomic E-state index is 0.295. The molecule has 3 nitrogen and oxygen atoms in total. The third-order valence-corrected chi connectivity index (χ3v) is 4.97. The number of nitrogens with two attached hydrogens (primary N) is 1. The van der Waals surface area contributed by atoms with Crippen molar-refractivity contribution in [2.24, 2.45) is 5.41 Å². The molecule has 1 aliphatic carbocycles. The number of nitrogens with zero attached hydrogens (tertiary/aromatic N) is 1. The van der Waals surface area contributed by atoms with E-state index in [-0.39, 0.29) is 0 Å². The Hall–Kier alpha value is -1.77. The molecule has 1 fully saturated rings. The van der Waals surface area contributed by atoms with E-state index in [0.29, 0.717) is 11.5 Å². The van der Waals surface area contributed by atoms with Gasteiger partial charge in [-0.2, -0.15) is 0 Å². The Balaban J connectivity index is 1.86. The summed E-state index contributed by atoms with van der Waals surface area (Å²) in [5.41, 5.74) is 9.56. The molecule has 0 amide bonds. The smallest absolute Gasteiger partial charge is 0.131 e. The molecule has 0 unspecified atom stereocenters. The van der Waals surface area contributed by atoms with Crippen LogP contribution in [0.5, 0.6) is 5.75 Å². The lowest BCUT2D eigenvalue weighted by Crippen LogP contribution is -2.28. The van der Waals surface area contributed by atoms with Gasteiger partial charge in [0.1, 0.15) is 5.75 Å². The standard InChI is InChI=1S/C20H28N2O/c1-4-6-14-13-16(21)19-17(22-14)7-5-8-18(19)23-15-9-11-20(2,3)12-10-15/h5,7-8,13,15H,4,6,9-12H2,1-3H3,(H2,21,22). The first-order valence-electron chi connectivity index (χ1n) is 8.83. The van der Waals surface area contributed by atoms with Crippen LogP contribution in [0.15, 0.2) is 24.3 Å². The Labute approximate surface area is 139 Å². The molecule has 23 heavy (non-hydrogen) atoms.